The Morgan fingerprint density at radius 3 is 2.56 bits per heavy atom. The van der Waals surface area contributed by atoms with E-state index in [9.17, 15) is 5.11 Å². The number of nitrogens with zero attached hydrogens (tertiary/aromatic N) is 2. The Morgan fingerprint density at radius 1 is 1.06 bits per heavy atom. The maximum Gasteiger partial charge on any atom is 0.127 e. The number of aromatic amines is 2. The number of H-pyrrole nitrogens is 2. The third kappa shape index (κ3) is 3.33. The summed E-state index contributed by atoms with van der Waals surface area (Å²) in [7, 11) is 1.71. The van der Waals surface area contributed by atoms with E-state index in [1.807, 2.05) is 32.0 Å². The second-order valence-electron chi connectivity index (χ2n) is 8.07. The molecule has 0 saturated heterocycles. The van der Waals surface area contributed by atoms with Crippen molar-refractivity contribution in [1.29, 1.82) is 0 Å². The first-order valence-electron chi connectivity index (χ1n) is 10.8. The highest BCUT2D eigenvalue weighted by atomic mass is 32.1. The maximum atomic E-state index is 11.1. The highest BCUT2D eigenvalue weighted by Crippen LogP contribution is 2.42. The molecule has 7 heteroatoms. The van der Waals surface area contributed by atoms with Gasteiger partial charge in [0.05, 0.1) is 28.1 Å². The van der Waals surface area contributed by atoms with Crippen molar-refractivity contribution < 1.29 is 9.84 Å². The minimum atomic E-state index is -0.835. The average molecular weight is 447 g/mol. The van der Waals surface area contributed by atoms with Gasteiger partial charge in [-0.05, 0) is 48.2 Å². The molecule has 3 N–H and O–H groups in total. The molecule has 0 aliphatic heterocycles. The summed E-state index contributed by atoms with van der Waals surface area (Å²) in [6.45, 7) is 4.61. The minimum Gasteiger partial charge on any atom is -0.385 e. The number of hydrogen-bond acceptors (Lipinski definition) is 5. The van der Waals surface area contributed by atoms with Crippen molar-refractivity contribution in [3.63, 3.8) is 0 Å². The zero-order chi connectivity index (χ0) is 22.3. The van der Waals surface area contributed by atoms with Crippen LogP contribution in [0.2, 0.25) is 0 Å². The number of pyridine rings is 1. The van der Waals surface area contributed by atoms with Crippen LogP contribution >= 0.6 is 11.3 Å². The third-order valence-electron chi connectivity index (χ3n) is 6.28. The molecule has 0 aliphatic carbocycles. The van der Waals surface area contributed by atoms with Crippen molar-refractivity contribution in [2.24, 2.45) is 0 Å². The van der Waals surface area contributed by atoms with E-state index in [4.69, 9.17) is 4.74 Å². The van der Waals surface area contributed by atoms with Gasteiger partial charge >= 0.3 is 0 Å². The molecular formula is C25H26N4O2S. The van der Waals surface area contributed by atoms with Crippen LogP contribution in [0.1, 0.15) is 37.1 Å². The number of methoxy groups -OCH3 is 1. The molecule has 0 bridgehead atoms. The largest absolute Gasteiger partial charge is 0.385 e. The number of benzene rings is 1. The van der Waals surface area contributed by atoms with Crippen molar-refractivity contribution in [1.82, 2.24) is 20.2 Å². The molecule has 5 rings (SSSR count). The molecule has 6 nitrogen and oxygen atoms in total. The molecule has 164 valence electrons. The summed E-state index contributed by atoms with van der Waals surface area (Å²) < 4.78 is 6.41. The minimum absolute atomic E-state index is 0.576. The van der Waals surface area contributed by atoms with Crippen molar-refractivity contribution >= 4 is 32.5 Å². The smallest absolute Gasteiger partial charge is 0.127 e. The molecule has 0 aliphatic rings. The zero-order valence-electron chi connectivity index (χ0n) is 18.4. The van der Waals surface area contributed by atoms with Gasteiger partial charge in [0.2, 0.25) is 0 Å². The van der Waals surface area contributed by atoms with Crippen LogP contribution in [0.15, 0.2) is 48.8 Å². The van der Waals surface area contributed by atoms with E-state index in [-0.39, 0.29) is 0 Å². The topological polar surface area (TPSA) is 86.8 Å². The lowest BCUT2D eigenvalue weighted by atomic mass is 9.88. The lowest BCUT2D eigenvalue weighted by Gasteiger charge is -2.25. The number of nitrogens with one attached hydrogen (secondary N) is 2. The number of hydrogen-bond donors (Lipinski definition) is 3. The van der Waals surface area contributed by atoms with Gasteiger partial charge in [0.25, 0.3) is 0 Å². The Morgan fingerprint density at radius 2 is 1.84 bits per heavy atom. The van der Waals surface area contributed by atoms with Gasteiger partial charge in [-0.25, -0.2) is 0 Å². The van der Waals surface area contributed by atoms with Crippen LogP contribution in [0.4, 0.5) is 0 Å². The number of aliphatic hydroxyl groups is 1. The summed E-state index contributed by atoms with van der Waals surface area (Å²) in [4.78, 5) is 8.96. The lowest BCUT2D eigenvalue weighted by Crippen LogP contribution is -2.23. The molecule has 0 unspecified atom stereocenters. The first-order valence-corrected chi connectivity index (χ1v) is 11.6. The van der Waals surface area contributed by atoms with Crippen LogP contribution in [0.25, 0.3) is 43.6 Å². The van der Waals surface area contributed by atoms with Gasteiger partial charge in [0, 0.05) is 40.8 Å². The van der Waals surface area contributed by atoms with Crippen molar-refractivity contribution in [3.8, 4) is 22.5 Å². The number of aromatic nitrogens is 4. The highest BCUT2D eigenvalue weighted by molar-refractivity contribution is 7.19. The normalized spacial score (nSPS) is 12.2. The SMILES string of the molecule is CCC(O)(CC)c1ccc2c(-c3ccncc3)c(-c3n[nH]c4cc(COC)sc34)[nH]c2c1. The van der Waals surface area contributed by atoms with Gasteiger partial charge in [-0.1, -0.05) is 26.0 Å². The fraction of sp³-hybridized carbons (Fsp3) is 0.280. The third-order valence-corrected chi connectivity index (χ3v) is 7.40. The van der Waals surface area contributed by atoms with E-state index in [1.54, 1.807) is 30.8 Å². The lowest BCUT2D eigenvalue weighted by molar-refractivity contribution is 0.0285. The van der Waals surface area contributed by atoms with E-state index < -0.39 is 5.60 Å². The van der Waals surface area contributed by atoms with Crippen LogP contribution in [0.3, 0.4) is 0 Å². The molecule has 0 radical (unpaired) electrons. The predicted molar refractivity (Wildman–Crippen MR) is 130 cm³/mol. The van der Waals surface area contributed by atoms with Crippen LogP contribution in [0, 0.1) is 0 Å². The molecule has 5 aromatic rings. The average Bonchev–Trinajstić information content (AvgIpc) is 3.51. The highest BCUT2D eigenvalue weighted by Gasteiger charge is 2.27. The van der Waals surface area contributed by atoms with E-state index >= 15 is 0 Å². The molecular weight excluding hydrogens is 420 g/mol. The molecule has 0 atom stereocenters. The van der Waals surface area contributed by atoms with Gasteiger partial charge in [0.15, 0.2) is 0 Å². The molecule has 0 saturated carbocycles. The van der Waals surface area contributed by atoms with E-state index in [0.717, 1.165) is 54.1 Å². The monoisotopic (exact) mass is 446 g/mol. The fourth-order valence-electron chi connectivity index (χ4n) is 4.39. The van der Waals surface area contributed by atoms with Crippen LogP contribution in [0.5, 0.6) is 0 Å². The first-order chi connectivity index (χ1) is 15.6. The summed E-state index contributed by atoms with van der Waals surface area (Å²) in [5.74, 6) is 0. The number of thiophene rings is 1. The second kappa shape index (κ2) is 8.16. The van der Waals surface area contributed by atoms with E-state index in [0.29, 0.717) is 19.4 Å². The summed E-state index contributed by atoms with van der Waals surface area (Å²) in [6, 6.07) is 12.3. The van der Waals surface area contributed by atoms with Gasteiger partial charge in [-0.2, -0.15) is 5.10 Å². The van der Waals surface area contributed by atoms with Crippen molar-refractivity contribution in [2.45, 2.75) is 38.9 Å². The van der Waals surface area contributed by atoms with Crippen LogP contribution < -0.4 is 0 Å². The molecule has 0 amide bonds. The second-order valence-corrected chi connectivity index (χ2v) is 9.21. The van der Waals surface area contributed by atoms with Crippen molar-refractivity contribution in [3.05, 3.63) is 59.2 Å². The van der Waals surface area contributed by atoms with Gasteiger partial charge in [0.1, 0.15) is 5.69 Å². The van der Waals surface area contributed by atoms with Gasteiger partial charge in [-0.15, -0.1) is 11.3 Å². The molecule has 1 aromatic carbocycles. The summed E-state index contributed by atoms with van der Waals surface area (Å²) >= 11 is 1.69. The summed E-state index contributed by atoms with van der Waals surface area (Å²) in [5.41, 5.74) is 6.07. The standard InChI is InChI=1S/C25H26N4O2S/c1-4-25(30,5-2)16-6-7-18-19(12-16)27-22(21(18)15-8-10-26-11-9-15)23-24-20(28-29-23)13-17(32-24)14-31-3/h6-13,27,30H,4-5,14H2,1-3H3,(H,28,29). The molecule has 32 heavy (non-hydrogen) atoms. The Kier molecular flexibility index (Phi) is 5.33. The number of fused-ring (bicyclic) bond motifs is 2. The van der Waals surface area contributed by atoms with Gasteiger partial charge < -0.3 is 14.8 Å². The van der Waals surface area contributed by atoms with E-state index in [2.05, 4.69) is 38.4 Å². The fourth-order valence-corrected chi connectivity index (χ4v) is 5.47. The predicted octanol–water partition coefficient (Wildman–Crippen LogP) is 5.99. The zero-order valence-corrected chi connectivity index (χ0v) is 19.2. The Hall–Kier alpha value is -3.00. The quantitative estimate of drug-likeness (QED) is 0.287. The Bertz CT molecular complexity index is 1380. The summed E-state index contributed by atoms with van der Waals surface area (Å²) in [6.07, 6.45) is 4.94. The number of ether oxygens (including phenoxy) is 1. The van der Waals surface area contributed by atoms with Crippen LogP contribution in [-0.4, -0.2) is 32.4 Å². The maximum absolute atomic E-state index is 11.1. The molecule has 0 fully saturated rings. The van der Waals surface area contributed by atoms with Crippen molar-refractivity contribution in [2.75, 3.05) is 7.11 Å². The number of rotatable bonds is 7. The molecule has 0 spiro atoms. The molecule has 4 heterocycles. The molecule has 4 aromatic heterocycles. The van der Waals surface area contributed by atoms with Crippen LogP contribution in [-0.2, 0) is 16.9 Å². The Labute approximate surface area is 190 Å². The van der Waals surface area contributed by atoms with E-state index in [1.165, 1.54) is 0 Å². The first kappa shape index (κ1) is 20.9. The summed E-state index contributed by atoms with van der Waals surface area (Å²) in [5, 5.41) is 20.0. The Balaban J connectivity index is 1.76. The van der Waals surface area contributed by atoms with Gasteiger partial charge in [-0.3, -0.25) is 10.1 Å².